The highest BCUT2D eigenvalue weighted by atomic mass is 19.1. The third-order valence-corrected chi connectivity index (χ3v) is 5.19. The maximum atomic E-state index is 13.6. The van der Waals surface area contributed by atoms with Crippen molar-refractivity contribution in [2.75, 3.05) is 0 Å². The van der Waals surface area contributed by atoms with Crippen LogP contribution in [0.2, 0.25) is 0 Å². The van der Waals surface area contributed by atoms with Crippen LogP contribution in [0.25, 0.3) is 17.2 Å². The van der Waals surface area contributed by atoms with E-state index in [2.05, 4.69) is 0 Å². The number of ether oxygens (including phenoxy) is 2. The lowest BCUT2D eigenvalue weighted by molar-refractivity contribution is -0.139. The summed E-state index contributed by atoms with van der Waals surface area (Å²) in [4.78, 5) is 10.8. The highest BCUT2D eigenvalue weighted by Crippen LogP contribution is 2.50. The summed E-state index contributed by atoms with van der Waals surface area (Å²) in [5.41, 5.74) is 3.16. The van der Waals surface area contributed by atoms with Gasteiger partial charge in [0.25, 0.3) is 0 Å². The number of aliphatic carboxylic acids is 1. The minimum absolute atomic E-state index is 0.0983. The van der Waals surface area contributed by atoms with E-state index >= 15 is 0 Å². The zero-order chi connectivity index (χ0) is 23.6. The quantitative estimate of drug-likeness (QED) is 0.545. The van der Waals surface area contributed by atoms with Crippen LogP contribution in [-0.2, 0) is 4.79 Å². The summed E-state index contributed by atoms with van der Waals surface area (Å²) in [5.74, 6) is -1.13. The summed E-state index contributed by atoms with van der Waals surface area (Å²) in [7, 11) is 0. The van der Waals surface area contributed by atoms with Crippen molar-refractivity contribution < 1.29 is 34.0 Å². The molecule has 32 heavy (non-hydrogen) atoms. The SMILES string of the molecule is CC(C)c1cc2c(c(-c3ccc(F)cc3)c1/C=C/C(O)CC(O)CC(=O)O)OC(C)(C)O2. The van der Waals surface area contributed by atoms with Crippen molar-refractivity contribution in [2.24, 2.45) is 0 Å². The monoisotopic (exact) mass is 444 g/mol. The van der Waals surface area contributed by atoms with E-state index in [0.717, 1.165) is 16.7 Å². The second-order valence-corrected chi connectivity index (χ2v) is 8.76. The van der Waals surface area contributed by atoms with E-state index in [1.807, 2.05) is 19.9 Å². The van der Waals surface area contributed by atoms with E-state index in [-0.39, 0.29) is 18.2 Å². The van der Waals surface area contributed by atoms with E-state index in [9.17, 15) is 19.4 Å². The molecular weight excluding hydrogens is 415 g/mol. The molecule has 172 valence electrons. The van der Waals surface area contributed by atoms with E-state index < -0.39 is 30.4 Å². The van der Waals surface area contributed by atoms with Gasteiger partial charge in [-0.15, -0.1) is 0 Å². The molecule has 0 spiro atoms. The van der Waals surface area contributed by atoms with Crippen LogP contribution in [-0.4, -0.2) is 39.3 Å². The minimum atomic E-state index is -1.16. The molecule has 1 aliphatic rings. The Bertz CT molecular complexity index is 1010. The molecule has 0 saturated heterocycles. The van der Waals surface area contributed by atoms with Crippen molar-refractivity contribution in [2.45, 2.75) is 64.4 Å². The molecule has 7 heteroatoms. The number of benzene rings is 2. The Kier molecular flexibility index (Phi) is 6.91. The number of hydrogen-bond donors (Lipinski definition) is 3. The van der Waals surface area contributed by atoms with Crippen LogP contribution in [0.5, 0.6) is 11.5 Å². The molecule has 0 radical (unpaired) electrons. The summed E-state index contributed by atoms with van der Waals surface area (Å²) in [6.07, 6.45) is 0.497. The van der Waals surface area contributed by atoms with E-state index in [1.54, 1.807) is 32.1 Å². The lowest BCUT2D eigenvalue weighted by Crippen LogP contribution is -2.29. The molecule has 2 aromatic rings. The average molecular weight is 444 g/mol. The van der Waals surface area contributed by atoms with Gasteiger partial charge in [-0.05, 0) is 40.8 Å². The molecule has 1 aliphatic heterocycles. The van der Waals surface area contributed by atoms with Gasteiger partial charge in [0, 0.05) is 25.8 Å². The predicted molar refractivity (Wildman–Crippen MR) is 119 cm³/mol. The molecule has 0 bridgehead atoms. The molecule has 0 amide bonds. The number of fused-ring (bicyclic) bond motifs is 1. The van der Waals surface area contributed by atoms with Crippen molar-refractivity contribution in [1.82, 2.24) is 0 Å². The van der Waals surface area contributed by atoms with Gasteiger partial charge in [0.2, 0.25) is 5.79 Å². The van der Waals surface area contributed by atoms with Gasteiger partial charge in [-0.2, -0.15) is 0 Å². The van der Waals surface area contributed by atoms with Gasteiger partial charge >= 0.3 is 5.97 Å². The fraction of sp³-hybridized carbons (Fsp3) is 0.400. The first-order valence-corrected chi connectivity index (χ1v) is 10.6. The third-order valence-electron chi connectivity index (χ3n) is 5.19. The van der Waals surface area contributed by atoms with Crippen LogP contribution in [0.4, 0.5) is 4.39 Å². The lowest BCUT2D eigenvalue weighted by atomic mass is 9.88. The molecule has 6 nitrogen and oxygen atoms in total. The first-order chi connectivity index (χ1) is 15.0. The Labute approximate surface area is 186 Å². The second kappa shape index (κ2) is 9.30. The smallest absolute Gasteiger partial charge is 0.305 e. The standard InChI is InChI=1S/C25H29FO6/c1-14(2)20-13-21-24(32-25(3,4)31-21)23(15-5-7-16(26)8-6-15)19(20)10-9-17(27)11-18(28)12-22(29)30/h5-10,13-14,17-18,27-28H,11-12H2,1-4H3,(H,29,30)/b10-9+. The molecule has 0 aromatic heterocycles. The molecule has 0 fully saturated rings. The number of hydrogen-bond acceptors (Lipinski definition) is 5. The zero-order valence-corrected chi connectivity index (χ0v) is 18.6. The fourth-order valence-electron chi connectivity index (χ4n) is 3.79. The number of halogens is 1. The number of carbonyl (C=O) groups is 1. The molecule has 0 saturated carbocycles. The summed E-state index contributed by atoms with van der Waals surface area (Å²) < 4.78 is 25.7. The van der Waals surface area contributed by atoms with E-state index in [1.165, 1.54) is 18.2 Å². The third kappa shape index (κ3) is 5.47. The first-order valence-electron chi connectivity index (χ1n) is 10.6. The maximum absolute atomic E-state index is 13.6. The molecule has 2 atom stereocenters. The van der Waals surface area contributed by atoms with E-state index in [0.29, 0.717) is 17.1 Å². The Morgan fingerprint density at radius 2 is 1.81 bits per heavy atom. The molecule has 2 unspecified atom stereocenters. The van der Waals surface area contributed by atoms with Gasteiger partial charge in [-0.25, -0.2) is 4.39 Å². The minimum Gasteiger partial charge on any atom is -0.481 e. The molecule has 3 N–H and O–H groups in total. The van der Waals surface area contributed by atoms with Crippen molar-refractivity contribution in [1.29, 1.82) is 0 Å². The number of aliphatic hydroxyl groups excluding tert-OH is 2. The van der Waals surface area contributed by atoms with Crippen LogP contribution in [0.3, 0.4) is 0 Å². The summed E-state index contributed by atoms with van der Waals surface area (Å²) in [5, 5.41) is 29.0. The predicted octanol–water partition coefficient (Wildman–Crippen LogP) is 4.72. The van der Waals surface area contributed by atoms with Crippen molar-refractivity contribution in [3.8, 4) is 22.6 Å². The highest BCUT2D eigenvalue weighted by Gasteiger charge is 2.36. The summed E-state index contributed by atoms with van der Waals surface area (Å²) >= 11 is 0. The topological polar surface area (TPSA) is 96.2 Å². The lowest BCUT2D eigenvalue weighted by Gasteiger charge is -2.19. The second-order valence-electron chi connectivity index (χ2n) is 8.76. The van der Waals surface area contributed by atoms with Gasteiger partial charge in [0.15, 0.2) is 11.5 Å². The maximum Gasteiger partial charge on any atom is 0.305 e. The number of carboxylic acid groups (broad SMARTS) is 1. The summed E-state index contributed by atoms with van der Waals surface area (Å²) in [6, 6.07) is 7.97. The number of rotatable bonds is 8. The van der Waals surface area contributed by atoms with Crippen LogP contribution in [0.15, 0.2) is 36.4 Å². The van der Waals surface area contributed by atoms with Crippen LogP contribution in [0, 0.1) is 5.82 Å². The van der Waals surface area contributed by atoms with Gasteiger partial charge in [0.1, 0.15) is 5.82 Å². The molecular formula is C25H29FO6. The van der Waals surface area contributed by atoms with Gasteiger partial charge < -0.3 is 24.8 Å². The number of aliphatic hydroxyl groups is 2. The first kappa shape index (κ1) is 23.8. The van der Waals surface area contributed by atoms with Crippen LogP contribution in [0.1, 0.15) is 57.6 Å². The van der Waals surface area contributed by atoms with Crippen LogP contribution < -0.4 is 9.47 Å². The van der Waals surface area contributed by atoms with Gasteiger partial charge in [0.05, 0.1) is 18.6 Å². The molecule has 3 rings (SSSR count). The van der Waals surface area contributed by atoms with E-state index in [4.69, 9.17) is 14.6 Å². The Hall–Kier alpha value is -2.90. The highest BCUT2D eigenvalue weighted by molar-refractivity contribution is 5.85. The largest absolute Gasteiger partial charge is 0.481 e. The molecule has 0 aliphatic carbocycles. The summed E-state index contributed by atoms with van der Waals surface area (Å²) in [6.45, 7) is 7.67. The number of carboxylic acids is 1. The van der Waals surface area contributed by atoms with Crippen molar-refractivity contribution >= 4 is 12.0 Å². The molecule has 1 heterocycles. The van der Waals surface area contributed by atoms with Gasteiger partial charge in [-0.1, -0.05) is 38.1 Å². The molecule has 2 aromatic carbocycles. The fourth-order valence-corrected chi connectivity index (χ4v) is 3.79. The zero-order valence-electron chi connectivity index (χ0n) is 18.6. The van der Waals surface area contributed by atoms with Crippen molar-refractivity contribution in [3.63, 3.8) is 0 Å². The van der Waals surface area contributed by atoms with Crippen LogP contribution >= 0.6 is 0 Å². The Balaban J connectivity index is 2.09. The normalized spacial score (nSPS) is 16.5. The Morgan fingerprint density at radius 3 is 2.41 bits per heavy atom. The van der Waals surface area contributed by atoms with Crippen molar-refractivity contribution in [3.05, 3.63) is 53.4 Å². The average Bonchev–Trinajstić information content (AvgIpc) is 2.98. The van der Waals surface area contributed by atoms with Gasteiger partial charge in [-0.3, -0.25) is 4.79 Å². The Morgan fingerprint density at radius 1 is 1.16 bits per heavy atom.